The average molecular weight is 197 g/mol. The van der Waals surface area contributed by atoms with Gasteiger partial charge in [-0.3, -0.25) is 0 Å². The van der Waals surface area contributed by atoms with Crippen LogP contribution in [0.3, 0.4) is 0 Å². The smallest absolute Gasteiger partial charge is 0.145 e. The third-order valence-corrected chi connectivity index (χ3v) is 1.63. The molecule has 14 heavy (non-hydrogen) atoms. The Balaban J connectivity index is 2.62. The Bertz CT molecular complexity index is 291. The molecule has 1 heterocycles. The fraction of sp³-hybridized carbons (Fsp3) is 0.500. The Morgan fingerprint density at radius 3 is 2.79 bits per heavy atom. The second kappa shape index (κ2) is 5.36. The van der Waals surface area contributed by atoms with Gasteiger partial charge in [0.1, 0.15) is 17.5 Å². The molecule has 0 atom stereocenters. The number of aliphatic hydroxyl groups excluding tert-OH is 1. The lowest BCUT2D eigenvalue weighted by molar-refractivity contribution is 0.292. The quantitative estimate of drug-likeness (QED) is 0.298. The molecule has 0 saturated carbocycles. The molecule has 0 fully saturated rings. The number of nitrogen functional groups attached to an aromatic ring is 1. The van der Waals surface area contributed by atoms with E-state index in [0.29, 0.717) is 30.4 Å². The summed E-state index contributed by atoms with van der Waals surface area (Å²) in [5.74, 6) is 7.16. The van der Waals surface area contributed by atoms with Crippen LogP contribution in [-0.2, 0) is 0 Å². The van der Waals surface area contributed by atoms with Crippen molar-refractivity contribution in [1.29, 1.82) is 0 Å². The molecule has 0 bridgehead atoms. The zero-order valence-corrected chi connectivity index (χ0v) is 8.12. The first-order valence-corrected chi connectivity index (χ1v) is 4.43. The summed E-state index contributed by atoms with van der Waals surface area (Å²) in [6, 6.07) is 1.71. The van der Waals surface area contributed by atoms with Crippen molar-refractivity contribution in [3.05, 3.63) is 11.9 Å². The van der Waals surface area contributed by atoms with Gasteiger partial charge in [-0.05, 0) is 13.3 Å². The average Bonchev–Trinajstić information content (AvgIpc) is 2.17. The minimum absolute atomic E-state index is 0.166. The Labute approximate surface area is 82.5 Å². The summed E-state index contributed by atoms with van der Waals surface area (Å²) in [6.45, 7) is 2.63. The zero-order chi connectivity index (χ0) is 10.4. The number of aromatic nitrogens is 2. The Kier molecular flexibility index (Phi) is 4.09. The van der Waals surface area contributed by atoms with Crippen molar-refractivity contribution in [2.75, 3.05) is 23.9 Å². The van der Waals surface area contributed by atoms with Crippen LogP contribution < -0.4 is 16.6 Å². The van der Waals surface area contributed by atoms with Crippen LogP contribution in [-0.4, -0.2) is 28.2 Å². The van der Waals surface area contributed by atoms with Crippen LogP contribution >= 0.6 is 0 Å². The fourth-order valence-corrected chi connectivity index (χ4v) is 1.03. The molecule has 0 saturated heterocycles. The molecule has 6 heteroatoms. The summed E-state index contributed by atoms with van der Waals surface area (Å²) in [4.78, 5) is 8.20. The molecule has 0 amide bonds. The standard InChI is InChI=1S/C8H15N5O/c1-6-11-7(10-3-2-4-14)5-8(12-6)13-9/h5,14H,2-4,9H2,1H3,(H2,10,11,12,13). The lowest BCUT2D eigenvalue weighted by Gasteiger charge is -2.07. The molecule has 6 nitrogen and oxygen atoms in total. The highest BCUT2D eigenvalue weighted by atomic mass is 16.3. The van der Waals surface area contributed by atoms with E-state index in [9.17, 15) is 0 Å². The molecule has 5 N–H and O–H groups in total. The van der Waals surface area contributed by atoms with Gasteiger partial charge >= 0.3 is 0 Å². The lowest BCUT2D eigenvalue weighted by atomic mass is 10.4. The number of anilines is 2. The van der Waals surface area contributed by atoms with Gasteiger partial charge in [0.2, 0.25) is 0 Å². The van der Waals surface area contributed by atoms with E-state index < -0.39 is 0 Å². The van der Waals surface area contributed by atoms with Crippen molar-refractivity contribution in [2.45, 2.75) is 13.3 Å². The normalized spacial score (nSPS) is 9.93. The maximum Gasteiger partial charge on any atom is 0.145 e. The molecule has 0 aliphatic heterocycles. The van der Waals surface area contributed by atoms with Crippen molar-refractivity contribution in [3.8, 4) is 0 Å². The van der Waals surface area contributed by atoms with Crippen molar-refractivity contribution in [2.24, 2.45) is 5.84 Å². The van der Waals surface area contributed by atoms with Gasteiger partial charge in [0, 0.05) is 19.2 Å². The van der Waals surface area contributed by atoms with E-state index in [0.717, 1.165) is 0 Å². The van der Waals surface area contributed by atoms with Gasteiger partial charge < -0.3 is 15.8 Å². The molecule has 1 aromatic rings. The van der Waals surface area contributed by atoms with Crippen LogP contribution in [0.5, 0.6) is 0 Å². The zero-order valence-electron chi connectivity index (χ0n) is 8.12. The van der Waals surface area contributed by atoms with Crippen LogP contribution in [0.1, 0.15) is 12.2 Å². The molecule has 0 aliphatic carbocycles. The number of rotatable bonds is 5. The lowest BCUT2D eigenvalue weighted by Crippen LogP contribution is -2.12. The largest absolute Gasteiger partial charge is 0.396 e. The van der Waals surface area contributed by atoms with E-state index in [4.69, 9.17) is 10.9 Å². The van der Waals surface area contributed by atoms with Crippen LogP contribution in [0.2, 0.25) is 0 Å². The van der Waals surface area contributed by atoms with Gasteiger partial charge in [-0.15, -0.1) is 0 Å². The van der Waals surface area contributed by atoms with Gasteiger partial charge in [-0.25, -0.2) is 15.8 Å². The monoisotopic (exact) mass is 197 g/mol. The van der Waals surface area contributed by atoms with Crippen molar-refractivity contribution < 1.29 is 5.11 Å². The summed E-state index contributed by atoms with van der Waals surface area (Å²) < 4.78 is 0. The minimum Gasteiger partial charge on any atom is -0.396 e. The van der Waals surface area contributed by atoms with Crippen LogP contribution in [0.25, 0.3) is 0 Å². The topological polar surface area (TPSA) is 96.1 Å². The molecule has 0 spiro atoms. The number of hydrogen-bond acceptors (Lipinski definition) is 6. The second-order valence-corrected chi connectivity index (χ2v) is 2.83. The first kappa shape index (κ1) is 10.7. The summed E-state index contributed by atoms with van der Waals surface area (Å²) in [5, 5.41) is 11.6. The molecule has 0 aliphatic rings. The highest BCUT2D eigenvalue weighted by molar-refractivity contribution is 5.46. The molecule has 0 radical (unpaired) electrons. The van der Waals surface area contributed by atoms with Gasteiger partial charge in [-0.1, -0.05) is 0 Å². The molecular formula is C8H15N5O. The fourth-order valence-electron chi connectivity index (χ4n) is 1.03. The summed E-state index contributed by atoms with van der Waals surface area (Å²) in [6.07, 6.45) is 0.689. The Morgan fingerprint density at radius 1 is 1.43 bits per heavy atom. The van der Waals surface area contributed by atoms with Gasteiger partial charge in [-0.2, -0.15) is 0 Å². The van der Waals surface area contributed by atoms with E-state index in [1.807, 2.05) is 0 Å². The Morgan fingerprint density at radius 2 is 2.14 bits per heavy atom. The third-order valence-electron chi connectivity index (χ3n) is 1.63. The molecular weight excluding hydrogens is 182 g/mol. The van der Waals surface area contributed by atoms with E-state index in [1.54, 1.807) is 13.0 Å². The number of aryl methyl sites for hydroxylation is 1. The minimum atomic E-state index is 0.166. The van der Waals surface area contributed by atoms with Gasteiger partial charge in [0.05, 0.1) is 0 Å². The number of nitrogens with two attached hydrogens (primary N) is 1. The van der Waals surface area contributed by atoms with Crippen LogP contribution in [0, 0.1) is 6.92 Å². The maximum absolute atomic E-state index is 8.59. The SMILES string of the molecule is Cc1nc(NN)cc(NCCCO)n1. The number of nitrogens with zero attached hydrogens (tertiary/aromatic N) is 2. The molecule has 0 aromatic carbocycles. The highest BCUT2D eigenvalue weighted by Gasteiger charge is 1.99. The molecule has 78 valence electrons. The molecule has 0 unspecified atom stereocenters. The number of hydrogen-bond donors (Lipinski definition) is 4. The molecule has 1 aromatic heterocycles. The van der Waals surface area contributed by atoms with Crippen molar-refractivity contribution >= 4 is 11.6 Å². The first-order valence-electron chi connectivity index (χ1n) is 4.43. The van der Waals surface area contributed by atoms with Gasteiger partial charge in [0.15, 0.2) is 0 Å². The predicted molar refractivity (Wildman–Crippen MR) is 54.8 cm³/mol. The van der Waals surface area contributed by atoms with E-state index in [-0.39, 0.29) is 6.61 Å². The maximum atomic E-state index is 8.59. The van der Waals surface area contributed by atoms with Crippen molar-refractivity contribution in [3.63, 3.8) is 0 Å². The van der Waals surface area contributed by atoms with Crippen LogP contribution in [0.4, 0.5) is 11.6 Å². The number of hydrazine groups is 1. The van der Waals surface area contributed by atoms with E-state index in [2.05, 4.69) is 20.7 Å². The summed E-state index contributed by atoms with van der Waals surface area (Å²) in [5.41, 5.74) is 2.46. The Hall–Kier alpha value is -1.40. The third kappa shape index (κ3) is 3.15. The van der Waals surface area contributed by atoms with Crippen molar-refractivity contribution in [1.82, 2.24) is 9.97 Å². The van der Waals surface area contributed by atoms with Crippen LogP contribution in [0.15, 0.2) is 6.07 Å². The predicted octanol–water partition coefficient (Wildman–Crippen LogP) is -0.135. The number of aliphatic hydroxyl groups is 1. The summed E-state index contributed by atoms with van der Waals surface area (Å²) in [7, 11) is 0. The van der Waals surface area contributed by atoms with E-state index in [1.165, 1.54) is 0 Å². The summed E-state index contributed by atoms with van der Waals surface area (Å²) >= 11 is 0. The molecule has 1 rings (SSSR count). The second-order valence-electron chi connectivity index (χ2n) is 2.83. The van der Waals surface area contributed by atoms with Gasteiger partial charge in [0.25, 0.3) is 0 Å². The highest BCUT2D eigenvalue weighted by Crippen LogP contribution is 2.09. The first-order chi connectivity index (χ1) is 6.76. The number of nitrogens with one attached hydrogen (secondary N) is 2. The van der Waals surface area contributed by atoms with E-state index >= 15 is 0 Å².